The molecule has 1 rings (SSSR count). The largest absolute Gasteiger partial charge is 0.427 e. The third-order valence-electron chi connectivity index (χ3n) is 1.66. The monoisotopic (exact) mass is 179 g/mol. The number of rotatable bonds is 3. The van der Waals surface area contributed by atoms with E-state index in [4.69, 9.17) is 4.74 Å². The molecule has 1 aromatic rings. The van der Waals surface area contributed by atoms with Crippen LogP contribution in [0.5, 0.6) is 5.75 Å². The summed E-state index contributed by atoms with van der Waals surface area (Å²) in [5, 5.41) is 2.98. The maximum absolute atomic E-state index is 10.9. The number of anilines is 1. The van der Waals surface area contributed by atoms with Crippen molar-refractivity contribution in [2.24, 2.45) is 0 Å². The molecule has 0 radical (unpaired) electrons. The minimum atomic E-state index is -0.211. The summed E-state index contributed by atoms with van der Waals surface area (Å²) in [7, 11) is 1.84. The highest BCUT2D eigenvalue weighted by molar-refractivity contribution is 5.72. The molecule has 0 fully saturated rings. The van der Waals surface area contributed by atoms with Gasteiger partial charge in [-0.25, -0.2) is 0 Å². The van der Waals surface area contributed by atoms with Crippen LogP contribution < -0.4 is 10.1 Å². The Kier molecular flexibility index (Phi) is 3.31. The van der Waals surface area contributed by atoms with Gasteiger partial charge in [-0.05, 0) is 24.3 Å². The van der Waals surface area contributed by atoms with Crippen molar-refractivity contribution in [3.05, 3.63) is 24.3 Å². The van der Waals surface area contributed by atoms with Crippen LogP contribution in [-0.4, -0.2) is 13.0 Å². The molecule has 3 heteroatoms. The number of carbonyl (C=O) groups is 1. The highest BCUT2D eigenvalue weighted by atomic mass is 16.5. The van der Waals surface area contributed by atoms with Gasteiger partial charge in [0.05, 0.1) is 0 Å². The van der Waals surface area contributed by atoms with Crippen LogP contribution in [0.25, 0.3) is 0 Å². The first kappa shape index (κ1) is 9.58. The molecule has 13 heavy (non-hydrogen) atoms. The van der Waals surface area contributed by atoms with Crippen molar-refractivity contribution in [2.75, 3.05) is 12.4 Å². The van der Waals surface area contributed by atoms with Crippen molar-refractivity contribution < 1.29 is 9.53 Å². The van der Waals surface area contributed by atoms with E-state index < -0.39 is 0 Å². The van der Waals surface area contributed by atoms with E-state index >= 15 is 0 Å². The Hall–Kier alpha value is -1.51. The van der Waals surface area contributed by atoms with Crippen molar-refractivity contribution in [1.29, 1.82) is 0 Å². The zero-order valence-electron chi connectivity index (χ0n) is 7.83. The Morgan fingerprint density at radius 2 is 2.00 bits per heavy atom. The average Bonchev–Trinajstić information content (AvgIpc) is 2.19. The molecule has 0 aliphatic heterocycles. The summed E-state index contributed by atoms with van der Waals surface area (Å²) < 4.78 is 5.00. The van der Waals surface area contributed by atoms with Crippen molar-refractivity contribution in [3.63, 3.8) is 0 Å². The summed E-state index contributed by atoms with van der Waals surface area (Å²) >= 11 is 0. The van der Waals surface area contributed by atoms with Gasteiger partial charge in [-0.2, -0.15) is 0 Å². The molecule has 0 spiro atoms. The van der Waals surface area contributed by atoms with Gasteiger partial charge in [0, 0.05) is 19.2 Å². The van der Waals surface area contributed by atoms with Crippen LogP contribution in [0, 0.1) is 0 Å². The molecule has 0 aliphatic rings. The lowest BCUT2D eigenvalue weighted by Gasteiger charge is -2.03. The number of hydrogen-bond donors (Lipinski definition) is 1. The standard InChI is InChI=1S/C10H13NO2/c1-3-10(12)13-9-6-4-8(11-2)5-7-9/h4-7,11H,3H2,1-2H3. The fraction of sp³-hybridized carbons (Fsp3) is 0.300. The SMILES string of the molecule is CCC(=O)Oc1ccc(NC)cc1. The molecule has 0 amide bonds. The Morgan fingerprint density at radius 1 is 1.38 bits per heavy atom. The predicted molar refractivity (Wildman–Crippen MR) is 51.9 cm³/mol. The van der Waals surface area contributed by atoms with Gasteiger partial charge in [-0.1, -0.05) is 6.92 Å². The summed E-state index contributed by atoms with van der Waals surface area (Å²) in [6.07, 6.45) is 0.397. The second-order valence-corrected chi connectivity index (χ2v) is 2.60. The summed E-state index contributed by atoms with van der Waals surface area (Å²) in [5.41, 5.74) is 0.997. The zero-order chi connectivity index (χ0) is 9.68. The van der Waals surface area contributed by atoms with Crippen molar-refractivity contribution >= 4 is 11.7 Å². The molecule has 0 unspecified atom stereocenters. The molecule has 0 aromatic heterocycles. The number of hydrogen-bond acceptors (Lipinski definition) is 3. The van der Waals surface area contributed by atoms with E-state index in [0.29, 0.717) is 12.2 Å². The lowest BCUT2D eigenvalue weighted by Crippen LogP contribution is -2.05. The second-order valence-electron chi connectivity index (χ2n) is 2.60. The summed E-state index contributed by atoms with van der Waals surface area (Å²) in [6.45, 7) is 1.77. The normalized spacial score (nSPS) is 9.38. The van der Waals surface area contributed by atoms with E-state index in [0.717, 1.165) is 5.69 Å². The fourth-order valence-corrected chi connectivity index (χ4v) is 0.893. The van der Waals surface area contributed by atoms with Crippen molar-refractivity contribution in [2.45, 2.75) is 13.3 Å². The first-order valence-electron chi connectivity index (χ1n) is 4.24. The highest BCUT2D eigenvalue weighted by Crippen LogP contribution is 2.15. The van der Waals surface area contributed by atoms with Gasteiger partial charge in [-0.15, -0.1) is 0 Å². The van der Waals surface area contributed by atoms with Crippen LogP contribution >= 0.6 is 0 Å². The van der Waals surface area contributed by atoms with Crippen LogP contribution in [0.1, 0.15) is 13.3 Å². The number of benzene rings is 1. The molecule has 0 saturated carbocycles. The second kappa shape index (κ2) is 4.50. The van der Waals surface area contributed by atoms with Gasteiger partial charge in [0.1, 0.15) is 5.75 Å². The lowest BCUT2D eigenvalue weighted by molar-refractivity contribution is -0.134. The maximum Gasteiger partial charge on any atom is 0.310 e. The number of ether oxygens (including phenoxy) is 1. The van der Waals surface area contributed by atoms with Crippen molar-refractivity contribution in [1.82, 2.24) is 0 Å². The number of nitrogens with one attached hydrogen (secondary N) is 1. The van der Waals surface area contributed by atoms with Crippen LogP contribution in [0.2, 0.25) is 0 Å². The van der Waals surface area contributed by atoms with Gasteiger partial charge >= 0.3 is 5.97 Å². The summed E-state index contributed by atoms with van der Waals surface area (Å²) in [6, 6.07) is 7.25. The molecule has 1 aromatic carbocycles. The Morgan fingerprint density at radius 3 is 2.46 bits per heavy atom. The van der Waals surface area contributed by atoms with Crippen LogP contribution in [0.4, 0.5) is 5.69 Å². The number of esters is 1. The Balaban J connectivity index is 2.64. The lowest BCUT2D eigenvalue weighted by atomic mass is 10.3. The predicted octanol–water partition coefficient (Wildman–Crippen LogP) is 2.04. The van der Waals surface area contributed by atoms with Gasteiger partial charge < -0.3 is 10.1 Å². The smallest absolute Gasteiger partial charge is 0.310 e. The van der Waals surface area contributed by atoms with Crippen LogP contribution in [0.3, 0.4) is 0 Å². The van der Waals surface area contributed by atoms with Crippen LogP contribution in [-0.2, 0) is 4.79 Å². The van der Waals surface area contributed by atoms with E-state index in [1.54, 1.807) is 19.1 Å². The van der Waals surface area contributed by atoms with E-state index in [-0.39, 0.29) is 5.97 Å². The van der Waals surface area contributed by atoms with E-state index in [1.165, 1.54) is 0 Å². The van der Waals surface area contributed by atoms with E-state index in [1.807, 2.05) is 19.2 Å². The van der Waals surface area contributed by atoms with Gasteiger partial charge in [0.15, 0.2) is 0 Å². The molecule has 0 bridgehead atoms. The Bertz CT molecular complexity index is 279. The summed E-state index contributed by atoms with van der Waals surface area (Å²) in [5.74, 6) is 0.378. The Labute approximate surface area is 77.7 Å². The molecule has 0 saturated heterocycles. The first-order chi connectivity index (χ1) is 6.26. The average molecular weight is 179 g/mol. The molecule has 3 nitrogen and oxygen atoms in total. The zero-order valence-corrected chi connectivity index (χ0v) is 7.83. The highest BCUT2D eigenvalue weighted by Gasteiger charge is 2.00. The van der Waals surface area contributed by atoms with E-state index in [9.17, 15) is 4.79 Å². The fourth-order valence-electron chi connectivity index (χ4n) is 0.893. The van der Waals surface area contributed by atoms with Crippen LogP contribution in [0.15, 0.2) is 24.3 Å². The maximum atomic E-state index is 10.9. The molecule has 70 valence electrons. The molecule has 0 aliphatic carbocycles. The molecule has 0 atom stereocenters. The third kappa shape index (κ3) is 2.78. The topological polar surface area (TPSA) is 38.3 Å². The minimum absolute atomic E-state index is 0.211. The summed E-state index contributed by atoms with van der Waals surface area (Å²) in [4.78, 5) is 10.9. The molecular weight excluding hydrogens is 166 g/mol. The molecule has 1 N–H and O–H groups in total. The van der Waals surface area contributed by atoms with E-state index in [2.05, 4.69) is 5.32 Å². The molecule has 0 heterocycles. The third-order valence-corrected chi connectivity index (χ3v) is 1.66. The molecular formula is C10H13NO2. The number of carbonyl (C=O) groups excluding carboxylic acids is 1. The first-order valence-corrected chi connectivity index (χ1v) is 4.24. The van der Waals surface area contributed by atoms with Gasteiger partial charge in [-0.3, -0.25) is 4.79 Å². The van der Waals surface area contributed by atoms with Gasteiger partial charge in [0.2, 0.25) is 0 Å². The van der Waals surface area contributed by atoms with Gasteiger partial charge in [0.25, 0.3) is 0 Å². The minimum Gasteiger partial charge on any atom is -0.427 e. The quantitative estimate of drug-likeness (QED) is 0.570. The van der Waals surface area contributed by atoms with Crippen molar-refractivity contribution in [3.8, 4) is 5.75 Å².